The summed E-state index contributed by atoms with van der Waals surface area (Å²) in [4.78, 5) is 32.1. The molecule has 3 aromatic rings. The second kappa shape index (κ2) is 5.47. The quantitative estimate of drug-likeness (QED) is 0.689. The maximum Gasteiger partial charge on any atom is 0.270 e. The predicted octanol–water partition coefficient (Wildman–Crippen LogP) is 2.20. The number of aryl methyl sites for hydroxylation is 1. The third-order valence-electron chi connectivity index (χ3n) is 4.99. The third kappa shape index (κ3) is 2.13. The molecule has 0 spiro atoms. The van der Waals surface area contributed by atoms with E-state index in [2.05, 4.69) is 11.9 Å². The highest BCUT2D eigenvalue weighted by molar-refractivity contribution is 5.98. The minimum Gasteiger partial charge on any atom is -0.335 e. The number of pyridine rings is 1. The lowest BCUT2D eigenvalue weighted by atomic mass is 10.0. The van der Waals surface area contributed by atoms with E-state index in [9.17, 15) is 9.59 Å². The molecule has 0 bridgehead atoms. The van der Waals surface area contributed by atoms with Gasteiger partial charge in [0.1, 0.15) is 17.0 Å². The predicted molar refractivity (Wildman–Crippen MR) is 92.3 cm³/mol. The Bertz CT molecular complexity index is 1000. The molecule has 0 aromatic carbocycles. The normalized spacial score (nSPS) is 18.4. The van der Waals surface area contributed by atoms with Gasteiger partial charge in [-0.2, -0.15) is 0 Å². The highest BCUT2D eigenvalue weighted by Crippen LogP contribution is 2.22. The molecule has 4 heterocycles. The van der Waals surface area contributed by atoms with Crippen molar-refractivity contribution in [3.05, 3.63) is 46.5 Å². The summed E-state index contributed by atoms with van der Waals surface area (Å²) in [5, 5.41) is 0.481. The molecule has 1 amide bonds. The van der Waals surface area contributed by atoms with Crippen LogP contribution in [0.2, 0.25) is 0 Å². The molecule has 0 N–H and O–H groups in total. The van der Waals surface area contributed by atoms with Gasteiger partial charge in [-0.25, -0.2) is 4.98 Å². The average molecular weight is 324 g/mol. The van der Waals surface area contributed by atoms with Crippen LogP contribution >= 0.6 is 0 Å². The van der Waals surface area contributed by atoms with E-state index in [0.717, 1.165) is 25.8 Å². The van der Waals surface area contributed by atoms with Crippen LogP contribution in [0, 0.1) is 0 Å². The molecule has 1 saturated heterocycles. The minimum absolute atomic E-state index is 0.0174. The van der Waals surface area contributed by atoms with E-state index in [4.69, 9.17) is 0 Å². The van der Waals surface area contributed by atoms with Crippen LogP contribution < -0.4 is 5.56 Å². The molecule has 6 heteroatoms. The fourth-order valence-corrected chi connectivity index (χ4v) is 3.57. The first-order chi connectivity index (χ1) is 11.6. The van der Waals surface area contributed by atoms with Crippen LogP contribution in [0.15, 0.2) is 35.3 Å². The molecule has 1 aliphatic rings. The monoisotopic (exact) mass is 324 g/mol. The van der Waals surface area contributed by atoms with Crippen LogP contribution in [-0.4, -0.2) is 37.3 Å². The van der Waals surface area contributed by atoms with Gasteiger partial charge in [-0.15, -0.1) is 0 Å². The zero-order valence-electron chi connectivity index (χ0n) is 13.9. The Balaban J connectivity index is 1.89. The highest BCUT2D eigenvalue weighted by Gasteiger charge is 2.27. The maximum atomic E-state index is 13.0. The van der Waals surface area contributed by atoms with E-state index in [1.54, 1.807) is 36.0 Å². The Morgan fingerprint density at radius 1 is 1.29 bits per heavy atom. The molecule has 6 nitrogen and oxygen atoms in total. The first kappa shape index (κ1) is 14.9. The van der Waals surface area contributed by atoms with E-state index in [-0.39, 0.29) is 17.5 Å². The lowest BCUT2D eigenvalue weighted by Crippen LogP contribution is -2.42. The topological polar surface area (TPSA) is 59.6 Å². The number of hydrogen-bond acceptors (Lipinski definition) is 3. The Kier molecular flexibility index (Phi) is 3.40. The summed E-state index contributed by atoms with van der Waals surface area (Å²) in [6, 6.07) is 7.36. The average Bonchev–Trinajstić information content (AvgIpc) is 2.92. The smallest absolute Gasteiger partial charge is 0.270 e. The molecule has 0 radical (unpaired) electrons. The van der Waals surface area contributed by atoms with Crippen molar-refractivity contribution in [2.24, 2.45) is 7.05 Å². The van der Waals surface area contributed by atoms with E-state index >= 15 is 0 Å². The number of hydrogen-bond donors (Lipinski definition) is 0. The van der Waals surface area contributed by atoms with E-state index in [0.29, 0.717) is 22.4 Å². The van der Waals surface area contributed by atoms with Crippen LogP contribution in [0.4, 0.5) is 0 Å². The SMILES string of the molecule is CC1CCCCN1C(=O)c1cc2c(=O)n3ccccc3nc2n1C. The molecule has 4 rings (SSSR count). The minimum atomic E-state index is -0.142. The molecule has 1 unspecified atom stereocenters. The maximum absolute atomic E-state index is 13.0. The van der Waals surface area contributed by atoms with Crippen molar-refractivity contribution in [1.29, 1.82) is 0 Å². The number of rotatable bonds is 1. The van der Waals surface area contributed by atoms with Crippen molar-refractivity contribution < 1.29 is 4.79 Å². The second-order valence-electron chi connectivity index (χ2n) is 6.52. The highest BCUT2D eigenvalue weighted by atomic mass is 16.2. The fourth-order valence-electron chi connectivity index (χ4n) is 3.57. The van der Waals surface area contributed by atoms with Crippen LogP contribution in [0.1, 0.15) is 36.7 Å². The molecule has 1 aliphatic heterocycles. The van der Waals surface area contributed by atoms with E-state index < -0.39 is 0 Å². The Morgan fingerprint density at radius 3 is 2.92 bits per heavy atom. The van der Waals surface area contributed by atoms with Gasteiger partial charge in [0.25, 0.3) is 11.5 Å². The lowest BCUT2D eigenvalue weighted by Gasteiger charge is -2.33. The molecule has 124 valence electrons. The van der Waals surface area contributed by atoms with Gasteiger partial charge in [-0.05, 0) is 44.4 Å². The van der Waals surface area contributed by atoms with Crippen molar-refractivity contribution in [1.82, 2.24) is 18.9 Å². The van der Waals surface area contributed by atoms with Gasteiger partial charge >= 0.3 is 0 Å². The largest absolute Gasteiger partial charge is 0.335 e. The number of likely N-dealkylation sites (tertiary alicyclic amines) is 1. The second-order valence-corrected chi connectivity index (χ2v) is 6.52. The standard InChI is InChI=1S/C18H20N4O2/c1-12-7-3-5-9-21(12)18(24)14-11-13-16(20(14)2)19-15-8-4-6-10-22(15)17(13)23/h4,6,8,10-12H,3,5,7,9H2,1-2H3. The summed E-state index contributed by atoms with van der Waals surface area (Å²) in [7, 11) is 1.80. The molecular formula is C18H20N4O2. The Labute approximate surface area is 139 Å². The van der Waals surface area contributed by atoms with Crippen LogP contribution in [0.3, 0.4) is 0 Å². The zero-order valence-corrected chi connectivity index (χ0v) is 13.9. The van der Waals surface area contributed by atoms with E-state index in [1.165, 1.54) is 4.40 Å². The lowest BCUT2D eigenvalue weighted by molar-refractivity contribution is 0.0626. The van der Waals surface area contributed by atoms with Gasteiger partial charge < -0.3 is 9.47 Å². The number of carbonyl (C=O) groups excluding carboxylic acids is 1. The summed E-state index contributed by atoms with van der Waals surface area (Å²) < 4.78 is 3.26. The fraction of sp³-hybridized carbons (Fsp3) is 0.389. The molecule has 0 aliphatic carbocycles. The van der Waals surface area contributed by atoms with Crippen molar-refractivity contribution in [3.8, 4) is 0 Å². The van der Waals surface area contributed by atoms with Gasteiger partial charge in [0.15, 0.2) is 0 Å². The van der Waals surface area contributed by atoms with Crippen molar-refractivity contribution in [2.75, 3.05) is 6.54 Å². The van der Waals surface area contributed by atoms with Crippen LogP contribution in [0.25, 0.3) is 16.7 Å². The molecule has 3 aromatic heterocycles. The Hall–Kier alpha value is -2.63. The summed E-state index contributed by atoms with van der Waals surface area (Å²) in [6.45, 7) is 2.86. The van der Waals surface area contributed by atoms with Crippen molar-refractivity contribution >= 4 is 22.6 Å². The number of nitrogens with zero attached hydrogens (tertiary/aromatic N) is 4. The number of amides is 1. The summed E-state index contributed by atoms with van der Waals surface area (Å²) in [6.07, 6.45) is 4.92. The van der Waals surface area contributed by atoms with Gasteiger partial charge in [0.2, 0.25) is 0 Å². The number of fused-ring (bicyclic) bond motifs is 2. The number of carbonyl (C=O) groups is 1. The molecule has 1 atom stereocenters. The molecule has 1 fully saturated rings. The summed E-state index contributed by atoms with van der Waals surface area (Å²) in [5.41, 5.74) is 1.52. The number of aromatic nitrogens is 3. The van der Waals surface area contributed by atoms with Crippen LogP contribution in [0.5, 0.6) is 0 Å². The molecule has 24 heavy (non-hydrogen) atoms. The summed E-state index contributed by atoms with van der Waals surface area (Å²) >= 11 is 0. The molecular weight excluding hydrogens is 304 g/mol. The zero-order chi connectivity index (χ0) is 16.8. The molecule has 0 saturated carbocycles. The van der Waals surface area contributed by atoms with Crippen molar-refractivity contribution in [3.63, 3.8) is 0 Å². The Morgan fingerprint density at radius 2 is 2.12 bits per heavy atom. The van der Waals surface area contributed by atoms with Crippen LogP contribution in [-0.2, 0) is 7.05 Å². The van der Waals surface area contributed by atoms with Crippen molar-refractivity contribution in [2.45, 2.75) is 32.2 Å². The van der Waals surface area contributed by atoms with Gasteiger partial charge in [-0.3, -0.25) is 14.0 Å². The third-order valence-corrected chi connectivity index (χ3v) is 4.99. The van der Waals surface area contributed by atoms with Gasteiger partial charge in [0, 0.05) is 25.8 Å². The summed E-state index contributed by atoms with van der Waals surface area (Å²) in [5.74, 6) is -0.0174. The first-order valence-electron chi connectivity index (χ1n) is 8.35. The van der Waals surface area contributed by atoms with Gasteiger partial charge in [0.05, 0.1) is 5.39 Å². The first-order valence-corrected chi connectivity index (χ1v) is 8.35. The number of piperidine rings is 1. The van der Waals surface area contributed by atoms with Gasteiger partial charge in [-0.1, -0.05) is 6.07 Å². The van der Waals surface area contributed by atoms with E-state index in [1.807, 2.05) is 11.0 Å².